The number of aromatic amines is 1. The summed E-state index contributed by atoms with van der Waals surface area (Å²) in [7, 11) is 1.49. The van der Waals surface area contributed by atoms with Crippen molar-refractivity contribution in [3.63, 3.8) is 0 Å². The lowest BCUT2D eigenvalue weighted by Crippen LogP contribution is -2.10. The van der Waals surface area contributed by atoms with E-state index < -0.39 is 4.94 Å². The van der Waals surface area contributed by atoms with E-state index >= 15 is 0 Å². The zero-order valence-electron chi connectivity index (χ0n) is 13.4. The predicted molar refractivity (Wildman–Crippen MR) is 103 cm³/mol. The molecule has 4 aromatic rings. The molecule has 0 bridgehead atoms. The van der Waals surface area contributed by atoms with E-state index in [0.29, 0.717) is 32.5 Å². The van der Waals surface area contributed by atoms with Gasteiger partial charge in [0.2, 0.25) is 0 Å². The third kappa shape index (κ3) is 2.91. The second-order valence-electron chi connectivity index (χ2n) is 5.43. The van der Waals surface area contributed by atoms with E-state index in [1.54, 1.807) is 42.5 Å². The van der Waals surface area contributed by atoms with Crippen molar-refractivity contribution in [3.8, 4) is 5.75 Å². The number of halogens is 1. The molecule has 0 atom stereocenters. The van der Waals surface area contributed by atoms with Crippen LogP contribution in [0.25, 0.3) is 32.3 Å². The second-order valence-corrected chi connectivity index (χ2v) is 6.81. The summed E-state index contributed by atoms with van der Waals surface area (Å²) in [5.41, 5.74) is 1.37. The molecule has 2 aromatic carbocycles. The van der Waals surface area contributed by atoms with Gasteiger partial charge in [-0.05, 0) is 35.9 Å². The van der Waals surface area contributed by atoms with E-state index in [0.717, 1.165) is 11.3 Å². The molecule has 0 saturated heterocycles. The van der Waals surface area contributed by atoms with E-state index in [4.69, 9.17) is 20.8 Å². The van der Waals surface area contributed by atoms with Crippen molar-refractivity contribution in [2.24, 2.45) is 0 Å². The number of methoxy groups -OCH3 is 1. The summed E-state index contributed by atoms with van der Waals surface area (Å²) >= 11 is 7.35. The number of para-hydroxylation sites is 1. The predicted octanol–water partition coefficient (Wildman–Crippen LogP) is 3.84. The van der Waals surface area contributed by atoms with Crippen LogP contribution in [0.15, 0.2) is 50.4 Å². The van der Waals surface area contributed by atoms with Gasteiger partial charge >= 0.3 is 4.94 Å². The molecule has 0 spiro atoms. The number of rotatable bonds is 3. The first-order chi connectivity index (χ1) is 12.5. The molecule has 8 heteroatoms. The van der Waals surface area contributed by atoms with Crippen molar-refractivity contribution in [1.29, 1.82) is 0 Å². The van der Waals surface area contributed by atoms with Gasteiger partial charge in [0.15, 0.2) is 17.2 Å². The van der Waals surface area contributed by atoms with Crippen molar-refractivity contribution in [3.05, 3.63) is 67.9 Å². The van der Waals surface area contributed by atoms with Gasteiger partial charge < -0.3 is 14.1 Å². The smallest absolute Gasteiger partial charge is 0.396 e. The van der Waals surface area contributed by atoms with Crippen LogP contribution in [0.4, 0.5) is 0 Å². The maximum Gasteiger partial charge on any atom is 0.396 e. The Morgan fingerprint density at radius 2 is 2.12 bits per heavy atom. The summed E-state index contributed by atoms with van der Waals surface area (Å²) in [6, 6.07) is 10.5. The maximum atomic E-state index is 12.2. The highest BCUT2D eigenvalue weighted by Gasteiger charge is 2.12. The van der Waals surface area contributed by atoms with Gasteiger partial charge in [-0.1, -0.05) is 35.1 Å². The van der Waals surface area contributed by atoms with Gasteiger partial charge in [0.1, 0.15) is 0 Å². The first kappa shape index (κ1) is 16.6. The number of ether oxygens (including phenoxy) is 1. The Morgan fingerprint density at radius 1 is 1.31 bits per heavy atom. The molecular weight excluding hydrogens is 376 g/mol. The molecule has 4 rings (SSSR count). The van der Waals surface area contributed by atoms with Crippen LogP contribution in [0.1, 0.15) is 11.4 Å². The molecule has 1 N–H and O–H groups in total. The van der Waals surface area contributed by atoms with Crippen LogP contribution in [0.2, 0.25) is 0 Å². The molecule has 0 fully saturated rings. The Morgan fingerprint density at radius 3 is 2.92 bits per heavy atom. The highest BCUT2D eigenvalue weighted by Crippen LogP contribution is 2.31. The Hall–Kier alpha value is -2.90. The van der Waals surface area contributed by atoms with Crippen LogP contribution >= 0.6 is 22.9 Å². The number of fused-ring (bicyclic) bond motifs is 2. The number of nitrogens with zero attached hydrogens (tertiary/aromatic N) is 1. The number of aromatic nitrogens is 2. The topological polar surface area (TPSA) is 85.2 Å². The number of hydrogen-bond acceptors (Lipinski definition) is 6. The molecule has 0 unspecified atom stereocenters. The van der Waals surface area contributed by atoms with Gasteiger partial charge in [-0.15, -0.1) is 0 Å². The van der Waals surface area contributed by atoms with E-state index in [1.165, 1.54) is 7.11 Å². The quantitative estimate of drug-likeness (QED) is 0.578. The number of benzene rings is 2. The summed E-state index contributed by atoms with van der Waals surface area (Å²) < 4.78 is 11.0. The average Bonchev–Trinajstić information content (AvgIpc) is 3.01. The van der Waals surface area contributed by atoms with Gasteiger partial charge in [-0.25, -0.2) is 9.78 Å². The third-order valence-corrected chi connectivity index (χ3v) is 4.84. The molecule has 0 aliphatic heterocycles. The summed E-state index contributed by atoms with van der Waals surface area (Å²) in [6.45, 7) is 0. The molecular formula is C18H11ClN2O4S. The first-order valence-corrected chi connectivity index (χ1v) is 8.73. The Bertz CT molecular complexity index is 1290. The van der Waals surface area contributed by atoms with Crippen LogP contribution in [0, 0.1) is 0 Å². The van der Waals surface area contributed by atoms with Crippen molar-refractivity contribution >= 4 is 55.2 Å². The van der Waals surface area contributed by atoms with E-state index in [9.17, 15) is 9.59 Å². The van der Waals surface area contributed by atoms with E-state index in [-0.39, 0.29) is 16.4 Å². The van der Waals surface area contributed by atoms with Crippen LogP contribution in [-0.4, -0.2) is 17.1 Å². The van der Waals surface area contributed by atoms with Crippen molar-refractivity contribution < 1.29 is 9.15 Å². The summed E-state index contributed by atoms with van der Waals surface area (Å²) in [6.07, 6.45) is 1.64. The molecule has 0 saturated carbocycles. The Kier molecular flexibility index (Phi) is 4.10. The number of hydrogen-bond donors (Lipinski definition) is 1. The monoisotopic (exact) mass is 386 g/mol. The Balaban J connectivity index is 1.84. The normalized spacial score (nSPS) is 12.0. The maximum absolute atomic E-state index is 12.2. The lowest BCUT2D eigenvalue weighted by molar-refractivity contribution is 0.408. The fourth-order valence-corrected chi connectivity index (χ4v) is 3.57. The van der Waals surface area contributed by atoms with Crippen molar-refractivity contribution in [2.75, 3.05) is 7.11 Å². The SMILES string of the molecule is COc1cc(/C=C(/Cl)c2nc3ccccc3c(=O)[nH]2)cc2sc(=O)oc12. The van der Waals surface area contributed by atoms with Crippen LogP contribution in [-0.2, 0) is 0 Å². The minimum Gasteiger partial charge on any atom is -0.493 e. The number of nitrogens with one attached hydrogen (secondary N) is 1. The van der Waals surface area contributed by atoms with Crippen molar-refractivity contribution in [2.45, 2.75) is 0 Å². The highest BCUT2D eigenvalue weighted by atomic mass is 35.5. The Labute approximate surface area is 155 Å². The summed E-state index contributed by atoms with van der Waals surface area (Å²) in [5.74, 6) is 0.686. The lowest BCUT2D eigenvalue weighted by Gasteiger charge is -2.04. The molecule has 0 aliphatic carbocycles. The summed E-state index contributed by atoms with van der Waals surface area (Å²) in [5, 5.41) is 0.747. The zero-order chi connectivity index (χ0) is 18.3. The largest absolute Gasteiger partial charge is 0.493 e. The zero-order valence-corrected chi connectivity index (χ0v) is 15.0. The van der Waals surface area contributed by atoms with Crippen LogP contribution in [0.5, 0.6) is 5.75 Å². The first-order valence-electron chi connectivity index (χ1n) is 7.53. The molecule has 0 radical (unpaired) electrons. The van der Waals surface area contributed by atoms with Gasteiger partial charge in [0.05, 0.1) is 27.7 Å². The minimum atomic E-state index is -0.411. The molecule has 0 amide bonds. The van der Waals surface area contributed by atoms with Crippen molar-refractivity contribution in [1.82, 2.24) is 9.97 Å². The third-order valence-electron chi connectivity index (χ3n) is 3.77. The lowest BCUT2D eigenvalue weighted by atomic mass is 10.2. The van der Waals surface area contributed by atoms with Gasteiger partial charge in [-0.3, -0.25) is 4.79 Å². The molecule has 130 valence electrons. The van der Waals surface area contributed by atoms with Gasteiger partial charge in [-0.2, -0.15) is 0 Å². The van der Waals surface area contributed by atoms with E-state index in [2.05, 4.69) is 9.97 Å². The average molecular weight is 387 g/mol. The fourth-order valence-electron chi connectivity index (χ4n) is 2.62. The highest BCUT2D eigenvalue weighted by molar-refractivity contribution is 7.16. The fraction of sp³-hybridized carbons (Fsp3) is 0.0556. The molecule has 0 aliphatic rings. The van der Waals surface area contributed by atoms with Gasteiger partial charge in [0, 0.05) is 0 Å². The minimum absolute atomic E-state index is 0.255. The molecule has 26 heavy (non-hydrogen) atoms. The summed E-state index contributed by atoms with van der Waals surface area (Å²) in [4.78, 5) is 30.3. The van der Waals surface area contributed by atoms with Crippen LogP contribution in [0.3, 0.4) is 0 Å². The van der Waals surface area contributed by atoms with Crippen LogP contribution < -0.4 is 15.2 Å². The number of H-pyrrole nitrogens is 1. The second kappa shape index (κ2) is 6.44. The van der Waals surface area contributed by atoms with E-state index in [1.807, 2.05) is 0 Å². The molecule has 6 nitrogen and oxygen atoms in total. The van der Waals surface area contributed by atoms with Gasteiger partial charge in [0.25, 0.3) is 5.56 Å². The molecule has 2 heterocycles. The standard InChI is InChI=1S/C18H11ClN2O4S/c1-24-13-7-9(8-14-15(13)25-18(23)26-14)6-11(19)16-20-12-5-3-2-4-10(12)17(22)21-16/h2-8H,1H3,(H,20,21,22)/b11-6+. The molecule has 2 aromatic heterocycles.